The minimum atomic E-state index is -0.367. The molecule has 4 aliphatic rings. The lowest BCUT2D eigenvalue weighted by molar-refractivity contribution is -0.142. The lowest BCUT2D eigenvalue weighted by atomic mass is 9.44. The number of carbonyl (C=O) groups excluding carboxylic acids is 3. The monoisotopic (exact) mass is 386 g/mol. The molecule has 4 nitrogen and oxygen atoms in total. The van der Waals surface area contributed by atoms with E-state index in [0.29, 0.717) is 40.4 Å². The second-order valence-corrected chi connectivity index (χ2v) is 10.5. The van der Waals surface area contributed by atoms with E-state index < -0.39 is 0 Å². The minimum Gasteiger partial charge on any atom is -0.434 e. The van der Waals surface area contributed by atoms with E-state index in [1.807, 2.05) is 0 Å². The van der Waals surface area contributed by atoms with Gasteiger partial charge in [-0.1, -0.05) is 13.8 Å². The molecule has 4 fully saturated rings. The predicted octanol–water partition coefficient (Wildman–Crippen LogP) is 4.86. The fourth-order valence-electron chi connectivity index (χ4n) is 7.56. The second kappa shape index (κ2) is 6.81. The third kappa shape index (κ3) is 2.90. The van der Waals surface area contributed by atoms with Crippen LogP contribution in [0.15, 0.2) is 11.8 Å². The molecule has 4 rings (SSSR count). The molecule has 0 saturated heterocycles. The Bertz CT molecular complexity index is 737. The number of ketones is 2. The van der Waals surface area contributed by atoms with Gasteiger partial charge in [0.25, 0.3) is 0 Å². The summed E-state index contributed by atoms with van der Waals surface area (Å²) in [5.74, 6) is 2.69. The standard InChI is InChI=1S/C24H34O4/c1-14(25)16-7-9-23(3)18(11-16)5-6-19-20(23)8-10-24(4)21(19)12-17(22(24)27)13-28-15(2)26/h13,16,18-21H,5-12H2,1-4H3/b17-13-/t16?,18?,19-,20+,21+,23+,24+/m1/s1. The average molecular weight is 387 g/mol. The number of hydrogen-bond acceptors (Lipinski definition) is 4. The Hall–Kier alpha value is -1.45. The number of rotatable bonds is 2. The molecule has 28 heavy (non-hydrogen) atoms. The summed E-state index contributed by atoms with van der Waals surface area (Å²) in [6.45, 7) is 7.75. The molecule has 0 amide bonds. The second-order valence-electron chi connectivity index (χ2n) is 10.5. The Balaban J connectivity index is 1.58. The van der Waals surface area contributed by atoms with E-state index in [1.54, 1.807) is 6.92 Å². The number of Topliss-reactive ketones (excluding diaryl/α,β-unsaturated/α-hetero) is 2. The summed E-state index contributed by atoms with van der Waals surface area (Å²) in [4.78, 5) is 36.3. The van der Waals surface area contributed by atoms with Crippen molar-refractivity contribution in [3.05, 3.63) is 11.8 Å². The summed E-state index contributed by atoms with van der Waals surface area (Å²) < 4.78 is 5.07. The largest absolute Gasteiger partial charge is 0.434 e. The molecule has 0 aromatic carbocycles. The van der Waals surface area contributed by atoms with Gasteiger partial charge in [0.05, 0.1) is 0 Å². The highest BCUT2D eigenvalue weighted by Gasteiger charge is 2.61. The molecule has 0 aromatic rings. The first-order chi connectivity index (χ1) is 13.2. The van der Waals surface area contributed by atoms with Crippen molar-refractivity contribution >= 4 is 17.5 Å². The Labute approximate surface area is 168 Å². The van der Waals surface area contributed by atoms with Gasteiger partial charge in [0.1, 0.15) is 12.0 Å². The van der Waals surface area contributed by atoms with Gasteiger partial charge in [-0.25, -0.2) is 0 Å². The van der Waals surface area contributed by atoms with Crippen LogP contribution in [0.25, 0.3) is 0 Å². The van der Waals surface area contributed by atoms with Crippen molar-refractivity contribution in [3.63, 3.8) is 0 Å². The summed E-state index contributed by atoms with van der Waals surface area (Å²) in [7, 11) is 0. The molecule has 0 spiro atoms. The molecule has 0 aromatic heterocycles. The topological polar surface area (TPSA) is 60.4 Å². The van der Waals surface area contributed by atoms with Crippen molar-refractivity contribution < 1.29 is 19.1 Å². The van der Waals surface area contributed by atoms with Crippen LogP contribution in [-0.2, 0) is 19.1 Å². The summed E-state index contributed by atoms with van der Waals surface area (Å²) >= 11 is 0. The van der Waals surface area contributed by atoms with Gasteiger partial charge < -0.3 is 4.74 Å². The van der Waals surface area contributed by atoms with E-state index in [-0.39, 0.29) is 23.1 Å². The summed E-state index contributed by atoms with van der Waals surface area (Å²) in [6.07, 6.45) is 9.83. The zero-order chi connectivity index (χ0) is 20.3. The van der Waals surface area contributed by atoms with E-state index in [0.717, 1.165) is 38.5 Å². The molecular weight excluding hydrogens is 352 g/mol. The summed E-state index contributed by atoms with van der Waals surface area (Å²) in [5, 5.41) is 0. The average Bonchev–Trinajstić information content (AvgIpc) is 2.90. The zero-order valence-electron chi connectivity index (χ0n) is 17.8. The number of carbonyl (C=O) groups is 3. The highest BCUT2D eigenvalue weighted by atomic mass is 16.5. The van der Waals surface area contributed by atoms with Gasteiger partial charge in [0.2, 0.25) is 0 Å². The summed E-state index contributed by atoms with van der Waals surface area (Å²) in [6, 6.07) is 0. The van der Waals surface area contributed by atoms with Crippen LogP contribution in [0.2, 0.25) is 0 Å². The van der Waals surface area contributed by atoms with Crippen LogP contribution in [-0.4, -0.2) is 17.5 Å². The quantitative estimate of drug-likeness (QED) is 0.386. The smallest absolute Gasteiger partial charge is 0.307 e. The Morgan fingerprint density at radius 3 is 2.46 bits per heavy atom. The van der Waals surface area contributed by atoms with E-state index >= 15 is 0 Å². The van der Waals surface area contributed by atoms with Gasteiger partial charge in [0.15, 0.2) is 5.78 Å². The minimum absolute atomic E-state index is 0.199. The lowest BCUT2D eigenvalue weighted by Crippen LogP contribution is -2.53. The van der Waals surface area contributed by atoms with E-state index in [1.165, 1.54) is 26.0 Å². The maximum atomic E-state index is 13.1. The molecular formula is C24H34O4. The highest BCUT2D eigenvalue weighted by Crippen LogP contribution is 2.66. The number of allylic oxidation sites excluding steroid dienone is 1. The van der Waals surface area contributed by atoms with Gasteiger partial charge in [-0.3, -0.25) is 14.4 Å². The Kier molecular flexibility index (Phi) is 4.83. The molecule has 7 atom stereocenters. The number of hydrogen-bond donors (Lipinski definition) is 0. The molecule has 0 N–H and O–H groups in total. The van der Waals surface area contributed by atoms with Gasteiger partial charge in [-0.05, 0) is 87.4 Å². The van der Waals surface area contributed by atoms with Crippen LogP contribution in [0, 0.1) is 40.4 Å². The third-order valence-corrected chi connectivity index (χ3v) is 9.25. The van der Waals surface area contributed by atoms with Crippen LogP contribution in [0.3, 0.4) is 0 Å². The third-order valence-electron chi connectivity index (χ3n) is 9.25. The van der Waals surface area contributed by atoms with Gasteiger partial charge in [-0.15, -0.1) is 0 Å². The maximum absolute atomic E-state index is 13.1. The maximum Gasteiger partial charge on any atom is 0.307 e. The number of ether oxygens (including phenoxy) is 1. The van der Waals surface area contributed by atoms with Crippen molar-refractivity contribution in [2.75, 3.05) is 0 Å². The first-order valence-electron chi connectivity index (χ1n) is 11.1. The fraction of sp³-hybridized carbons (Fsp3) is 0.792. The van der Waals surface area contributed by atoms with E-state index in [2.05, 4.69) is 13.8 Å². The van der Waals surface area contributed by atoms with Crippen LogP contribution < -0.4 is 0 Å². The Morgan fingerprint density at radius 2 is 1.79 bits per heavy atom. The molecule has 4 aliphatic carbocycles. The molecule has 0 radical (unpaired) electrons. The molecule has 2 unspecified atom stereocenters. The van der Waals surface area contributed by atoms with Crippen molar-refractivity contribution in [2.24, 2.45) is 40.4 Å². The molecule has 4 heteroatoms. The van der Waals surface area contributed by atoms with Crippen LogP contribution >= 0.6 is 0 Å². The first-order valence-corrected chi connectivity index (χ1v) is 11.1. The van der Waals surface area contributed by atoms with Crippen LogP contribution in [0.5, 0.6) is 0 Å². The predicted molar refractivity (Wildman–Crippen MR) is 106 cm³/mol. The molecule has 0 heterocycles. The van der Waals surface area contributed by atoms with Gasteiger partial charge in [-0.2, -0.15) is 0 Å². The van der Waals surface area contributed by atoms with Crippen molar-refractivity contribution in [1.82, 2.24) is 0 Å². The normalized spacial score (nSPS) is 46.5. The van der Waals surface area contributed by atoms with Gasteiger partial charge in [0, 0.05) is 23.8 Å². The lowest BCUT2D eigenvalue weighted by Gasteiger charge is -2.60. The highest BCUT2D eigenvalue weighted by molar-refractivity contribution is 6.02. The molecule has 0 bridgehead atoms. The van der Waals surface area contributed by atoms with E-state index in [9.17, 15) is 14.4 Å². The zero-order valence-corrected chi connectivity index (χ0v) is 17.8. The van der Waals surface area contributed by atoms with Crippen LogP contribution in [0.4, 0.5) is 0 Å². The van der Waals surface area contributed by atoms with Crippen molar-refractivity contribution in [1.29, 1.82) is 0 Å². The SMILES string of the molecule is CC(=O)O/C=C1/C[C@H]2[C@@H]3CCC4CC(C(C)=O)CC[C@]4(C)[C@H]3CC[C@]2(C)C1=O. The van der Waals surface area contributed by atoms with Crippen molar-refractivity contribution in [2.45, 2.75) is 79.1 Å². The van der Waals surface area contributed by atoms with Crippen LogP contribution in [0.1, 0.15) is 79.1 Å². The summed E-state index contributed by atoms with van der Waals surface area (Å²) in [5.41, 5.74) is 0.713. The van der Waals surface area contributed by atoms with Gasteiger partial charge >= 0.3 is 5.97 Å². The number of esters is 1. The molecule has 154 valence electrons. The first kappa shape index (κ1) is 19.8. The molecule has 4 saturated carbocycles. The Morgan fingerprint density at radius 1 is 1.04 bits per heavy atom. The van der Waals surface area contributed by atoms with E-state index in [4.69, 9.17) is 4.74 Å². The van der Waals surface area contributed by atoms with Crippen molar-refractivity contribution in [3.8, 4) is 0 Å². The fourth-order valence-corrected chi connectivity index (χ4v) is 7.56. The number of fused-ring (bicyclic) bond motifs is 5. The molecule has 0 aliphatic heterocycles.